The average Bonchev–Trinajstić information content (AvgIpc) is 3.46. The van der Waals surface area contributed by atoms with Crippen LogP contribution in [0, 0.1) is 5.41 Å². The predicted octanol–water partition coefficient (Wildman–Crippen LogP) is 2.75. The van der Waals surface area contributed by atoms with Gasteiger partial charge in [0, 0.05) is 31.9 Å². The van der Waals surface area contributed by atoms with Gasteiger partial charge in [-0.15, -0.1) is 0 Å². The second-order valence-corrected chi connectivity index (χ2v) is 16.0. The van der Waals surface area contributed by atoms with Gasteiger partial charge in [-0.05, 0) is 60.9 Å². The largest absolute Gasteiger partial charge is 0.465 e. The molecule has 1 saturated heterocycles. The molecule has 14 heteroatoms. The lowest BCUT2D eigenvalue weighted by Gasteiger charge is -2.39. The standard InChI is InChI=1S/C30H46N4O8S2/c1-30(2,16-7-8-17-32-43(3,38)39)22-33(44(40,41)26-13-11-24(31)12-14-26)20-28(35)27(19-23-9-5-4-6-10-23)34(29(36)37)25-15-18-42-21-25/h4-6,9-14,25,27-28,32,35H,7-8,15-22,31H2,1-3H3,(H,36,37)/t25-,27-,28+/m0/s1. The van der Waals surface area contributed by atoms with E-state index in [0.29, 0.717) is 38.0 Å². The topological polar surface area (TPSA) is 180 Å². The van der Waals surface area contributed by atoms with Gasteiger partial charge in [0.15, 0.2) is 0 Å². The van der Waals surface area contributed by atoms with E-state index in [0.717, 1.165) is 11.8 Å². The first-order valence-corrected chi connectivity index (χ1v) is 18.0. The molecule has 3 atom stereocenters. The fourth-order valence-electron chi connectivity index (χ4n) is 5.50. The minimum Gasteiger partial charge on any atom is -0.465 e. The Kier molecular flexibility index (Phi) is 12.6. The van der Waals surface area contributed by atoms with Gasteiger partial charge in [0.05, 0.1) is 35.9 Å². The summed E-state index contributed by atoms with van der Waals surface area (Å²) in [5.74, 6) is 0. The first-order chi connectivity index (χ1) is 20.6. The number of nitrogens with two attached hydrogens (primary N) is 1. The van der Waals surface area contributed by atoms with E-state index >= 15 is 0 Å². The Morgan fingerprint density at radius 2 is 1.75 bits per heavy atom. The molecule has 5 N–H and O–H groups in total. The van der Waals surface area contributed by atoms with Crippen molar-refractivity contribution in [1.29, 1.82) is 0 Å². The third kappa shape index (κ3) is 10.7. The number of nitrogen functional groups attached to an aromatic ring is 1. The van der Waals surface area contributed by atoms with Crippen molar-refractivity contribution in [2.75, 3.05) is 44.8 Å². The highest BCUT2D eigenvalue weighted by atomic mass is 32.2. The number of carboxylic acid groups (broad SMARTS) is 1. The molecule has 0 unspecified atom stereocenters. The lowest BCUT2D eigenvalue weighted by atomic mass is 9.87. The summed E-state index contributed by atoms with van der Waals surface area (Å²) in [4.78, 5) is 13.8. The summed E-state index contributed by atoms with van der Waals surface area (Å²) in [5, 5.41) is 22.0. The highest BCUT2D eigenvalue weighted by Crippen LogP contribution is 2.30. The number of unbranched alkanes of at least 4 members (excludes halogenated alkanes) is 1. The molecule has 0 spiro atoms. The number of hydrogen-bond donors (Lipinski definition) is 4. The maximum atomic E-state index is 14.0. The summed E-state index contributed by atoms with van der Waals surface area (Å²) in [6, 6.07) is 13.6. The number of rotatable bonds is 17. The zero-order chi connectivity index (χ0) is 32.5. The monoisotopic (exact) mass is 654 g/mol. The number of nitrogens with one attached hydrogen (secondary N) is 1. The number of sulfonamides is 2. The summed E-state index contributed by atoms with van der Waals surface area (Å²) in [5.41, 5.74) is 6.45. The minimum absolute atomic E-state index is 0.00550. The van der Waals surface area contributed by atoms with Gasteiger partial charge in [0.2, 0.25) is 20.0 Å². The summed E-state index contributed by atoms with van der Waals surface area (Å²) < 4.78 is 60.0. The fraction of sp³-hybridized carbons (Fsp3) is 0.567. The average molecular weight is 655 g/mol. The molecule has 1 aliphatic rings. The van der Waals surface area contributed by atoms with E-state index in [4.69, 9.17) is 10.5 Å². The number of nitrogens with zero attached hydrogens (tertiary/aromatic N) is 2. The van der Waals surface area contributed by atoms with E-state index in [1.165, 1.54) is 33.5 Å². The summed E-state index contributed by atoms with van der Waals surface area (Å²) in [7, 11) is -7.44. The van der Waals surface area contributed by atoms with Crippen molar-refractivity contribution >= 4 is 31.8 Å². The van der Waals surface area contributed by atoms with E-state index in [9.17, 15) is 31.8 Å². The van der Waals surface area contributed by atoms with Crippen molar-refractivity contribution in [2.45, 2.75) is 69.0 Å². The van der Waals surface area contributed by atoms with Gasteiger partial charge in [0.1, 0.15) is 0 Å². The van der Waals surface area contributed by atoms with Crippen molar-refractivity contribution in [2.24, 2.45) is 5.41 Å². The fourth-order valence-corrected chi connectivity index (χ4v) is 7.66. The first-order valence-electron chi connectivity index (χ1n) is 14.7. The van der Waals surface area contributed by atoms with Crippen LogP contribution in [0.25, 0.3) is 0 Å². The lowest BCUT2D eigenvalue weighted by Crippen LogP contribution is -2.56. The Morgan fingerprint density at radius 3 is 2.32 bits per heavy atom. The van der Waals surface area contributed by atoms with Crippen LogP contribution in [0.3, 0.4) is 0 Å². The molecule has 0 bridgehead atoms. The number of aliphatic hydroxyl groups is 1. The van der Waals surface area contributed by atoms with Crippen LogP contribution in [0.4, 0.5) is 10.5 Å². The maximum Gasteiger partial charge on any atom is 0.407 e. The third-order valence-electron chi connectivity index (χ3n) is 7.77. The van der Waals surface area contributed by atoms with Crippen molar-refractivity contribution in [1.82, 2.24) is 13.9 Å². The van der Waals surface area contributed by atoms with Gasteiger partial charge >= 0.3 is 6.09 Å². The van der Waals surface area contributed by atoms with E-state index in [1.54, 1.807) is 0 Å². The van der Waals surface area contributed by atoms with Gasteiger partial charge < -0.3 is 20.7 Å². The van der Waals surface area contributed by atoms with Crippen LogP contribution >= 0.6 is 0 Å². The highest BCUT2D eigenvalue weighted by Gasteiger charge is 2.40. The predicted molar refractivity (Wildman–Crippen MR) is 169 cm³/mol. The number of carbonyl (C=O) groups is 1. The van der Waals surface area contributed by atoms with E-state index in [1.807, 2.05) is 44.2 Å². The van der Waals surface area contributed by atoms with Crippen LogP contribution in [0.2, 0.25) is 0 Å². The van der Waals surface area contributed by atoms with Crippen LogP contribution in [0.1, 0.15) is 45.1 Å². The minimum atomic E-state index is -4.14. The number of hydrogen-bond acceptors (Lipinski definition) is 8. The SMILES string of the molecule is CC(C)(CCCCNS(C)(=O)=O)CN(C[C@@H](O)[C@H](Cc1ccccc1)N(C(=O)O)[C@H]1CCOC1)S(=O)(=O)c1ccc(N)cc1. The Balaban J connectivity index is 1.91. The van der Waals surface area contributed by atoms with Gasteiger partial charge in [-0.2, -0.15) is 4.31 Å². The van der Waals surface area contributed by atoms with E-state index in [2.05, 4.69) is 4.72 Å². The van der Waals surface area contributed by atoms with Gasteiger partial charge in [-0.3, -0.25) is 4.90 Å². The van der Waals surface area contributed by atoms with Gasteiger partial charge in [-0.1, -0.05) is 50.6 Å². The van der Waals surface area contributed by atoms with Gasteiger partial charge in [-0.25, -0.2) is 26.4 Å². The Morgan fingerprint density at radius 1 is 1.09 bits per heavy atom. The smallest absolute Gasteiger partial charge is 0.407 e. The van der Waals surface area contributed by atoms with Crippen LogP contribution in [0.15, 0.2) is 59.5 Å². The van der Waals surface area contributed by atoms with Crippen molar-refractivity contribution in [3.63, 3.8) is 0 Å². The molecule has 1 aliphatic heterocycles. The summed E-state index contributed by atoms with van der Waals surface area (Å²) in [6.07, 6.45) is 0.950. The quantitative estimate of drug-likeness (QED) is 0.147. The highest BCUT2D eigenvalue weighted by molar-refractivity contribution is 7.89. The van der Waals surface area contributed by atoms with Crippen molar-refractivity contribution < 1.29 is 36.6 Å². The molecule has 1 fully saturated rings. The van der Waals surface area contributed by atoms with Crippen LogP contribution in [0.5, 0.6) is 0 Å². The van der Waals surface area contributed by atoms with Crippen LogP contribution in [-0.2, 0) is 31.2 Å². The zero-order valence-electron chi connectivity index (χ0n) is 25.6. The molecule has 44 heavy (non-hydrogen) atoms. The molecule has 1 amide bonds. The number of benzene rings is 2. The zero-order valence-corrected chi connectivity index (χ0v) is 27.3. The number of amides is 1. The summed E-state index contributed by atoms with van der Waals surface area (Å²) in [6.45, 7) is 4.38. The van der Waals surface area contributed by atoms with Crippen molar-refractivity contribution in [3.05, 3.63) is 60.2 Å². The number of ether oxygens (including phenoxy) is 1. The molecule has 3 rings (SSSR count). The molecule has 2 aromatic carbocycles. The molecule has 0 saturated carbocycles. The first kappa shape index (κ1) is 35.7. The lowest BCUT2D eigenvalue weighted by molar-refractivity contribution is 0.0142. The maximum absolute atomic E-state index is 14.0. The Bertz CT molecular complexity index is 1410. The molecule has 0 aromatic heterocycles. The van der Waals surface area contributed by atoms with E-state index in [-0.39, 0.29) is 37.6 Å². The molecular weight excluding hydrogens is 608 g/mol. The van der Waals surface area contributed by atoms with Crippen molar-refractivity contribution in [3.8, 4) is 0 Å². The van der Waals surface area contributed by atoms with Gasteiger partial charge in [0.25, 0.3) is 0 Å². The molecule has 0 aliphatic carbocycles. The Labute approximate surface area is 261 Å². The Hall–Kier alpha value is -2.75. The second-order valence-electron chi connectivity index (χ2n) is 12.2. The third-order valence-corrected chi connectivity index (χ3v) is 10.3. The van der Waals surface area contributed by atoms with E-state index < -0.39 is 49.7 Å². The molecule has 1 heterocycles. The molecule has 2 aromatic rings. The number of aliphatic hydroxyl groups excluding tert-OH is 1. The normalized spacial score (nSPS) is 17.4. The van der Waals surface area contributed by atoms with Crippen LogP contribution < -0.4 is 10.5 Å². The summed E-state index contributed by atoms with van der Waals surface area (Å²) >= 11 is 0. The molecule has 0 radical (unpaired) electrons. The number of anilines is 1. The second kappa shape index (κ2) is 15.5. The molecular formula is C30H46N4O8S2. The van der Waals surface area contributed by atoms with Crippen LogP contribution in [-0.4, -0.2) is 99.6 Å². The molecule has 246 valence electrons. The molecule has 12 nitrogen and oxygen atoms in total.